The van der Waals surface area contributed by atoms with Crippen LogP contribution in [0, 0.1) is 17.5 Å². The van der Waals surface area contributed by atoms with E-state index in [1.54, 1.807) is 35.1 Å². The van der Waals surface area contributed by atoms with E-state index in [1.165, 1.54) is 36.4 Å². The summed E-state index contributed by atoms with van der Waals surface area (Å²) in [6.07, 6.45) is 2.06. The molecule has 13 heteroatoms. The second-order valence-electron chi connectivity index (χ2n) is 6.84. The maximum absolute atomic E-state index is 12.8. The number of hydrogen-bond acceptors (Lipinski definition) is 6. The molecule has 0 amide bonds. The molecule has 0 aliphatic rings. The van der Waals surface area contributed by atoms with Crippen molar-refractivity contribution in [1.82, 2.24) is 19.7 Å². The number of pyridine rings is 2. The predicted molar refractivity (Wildman–Crippen MR) is 145 cm³/mol. The molecule has 37 heavy (non-hydrogen) atoms. The molecule has 0 spiro atoms. The molecular weight excluding hydrogens is 641 g/mol. The Balaban J connectivity index is 0.000000208. The fourth-order valence-corrected chi connectivity index (χ4v) is 3.39. The predicted octanol–water partition coefficient (Wildman–Crippen LogP) is 6.65. The lowest BCUT2D eigenvalue weighted by molar-refractivity contribution is 0.111. The maximum Gasteiger partial charge on any atom is 0.171 e. The van der Waals surface area contributed by atoms with Gasteiger partial charge in [0.25, 0.3) is 0 Å². The third kappa shape index (κ3) is 8.64. The van der Waals surface area contributed by atoms with Crippen molar-refractivity contribution in [1.29, 1.82) is 0 Å². The molecule has 3 aromatic heterocycles. The van der Waals surface area contributed by atoms with Crippen LogP contribution in [0.2, 0.25) is 0 Å². The maximum atomic E-state index is 12.8. The van der Waals surface area contributed by atoms with Gasteiger partial charge in [-0.25, -0.2) is 27.8 Å². The topological polar surface area (TPSA) is 98.7 Å². The van der Waals surface area contributed by atoms with E-state index in [2.05, 4.69) is 52.4 Å². The Kier molecular flexibility index (Phi) is 11.7. The Bertz CT molecular complexity index is 1450. The fraction of sp³-hybridized carbons (Fsp3) is 0. The number of hydrazine groups is 1. The molecule has 0 aliphatic heterocycles. The van der Waals surface area contributed by atoms with Crippen LogP contribution in [0.5, 0.6) is 0 Å². The zero-order chi connectivity index (χ0) is 26.1. The van der Waals surface area contributed by atoms with Gasteiger partial charge in [-0.2, -0.15) is 5.10 Å². The minimum absolute atomic E-state index is 0. The Hall–Kier alpha value is -3.32. The van der Waals surface area contributed by atoms with E-state index in [0.29, 0.717) is 16.6 Å². The Morgan fingerprint density at radius 1 is 0.811 bits per heavy atom. The van der Waals surface area contributed by atoms with Crippen LogP contribution in [0.4, 0.5) is 18.9 Å². The third-order valence-electron chi connectivity index (χ3n) is 4.42. The van der Waals surface area contributed by atoms with Gasteiger partial charge in [0.05, 0.1) is 17.4 Å². The summed E-state index contributed by atoms with van der Waals surface area (Å²) in [4.78, 5) is 17.9. The highest BCUT2D eigenvalue weighted by molar-refractivity contribution is 9.10. The molecule has 192 valence electrons. The number of nitrogens with zero attached hydrogens (tertiary/aromatic N) is 4. The number of hydrogen-bond donors (Lipinski definition) is 2. The molecule has 0 aliphatic carbocycles. The normalized spacial score (nSPS) is 9.78. The first kappa shape index (κ1) is 29.9. The number of halogens is 6. The van der Waals surface area contributed by atoms with Gasteiger partial charge >= 0.3 is 0 Å². The number of nitrogens with one attached hydrogen (secondary N) is 1. The number of nitrogen functional groups attached to an aromatic ring is 1. The zero-order valence-corrected chi connectivity index (χ0v) is 22.6. The van der Waals surface area contributed by atoms with Crippen molar-refractivity contribution in [3.8, 4) is 5.69 Å². The van der Waals surface area contributed by atoms with E-state index >= 15 is 0 Å². The van der Waals surface area contributed by atoms with Crippen LogP contribution in [0.25, 0.3) is 16.7 Å². The monoisotopic (exact) mass is 656 g/mol. The molecule has 0 atom stereocenters. The fourth-order valence-electron chi connectivity index (χ4n) is 2.74. The molecule has 5 aromatic rings. The van der Waals surface area contributed by atoms with Gasteiger partial charge in [-0.05, 0) is 105 Å². The lowest BCUT2D eigenvalue weighted by atomic mass is 10.3. The Morgan fingerprint density at radius 2 is 1.38 bits per heavy atom. The average Bonchev–Trinajstić information content (AvgIpc) is 3.30. The van der Waals surface area contributed by atoms with Gasteiger partial charge in [0, 0.05) is 5.69 Å². The number of rotatable bonds is 3. The molecule has 0 saturated heterocycles. The molecule has 0 fully saturated rings. The van der Waals surface area contributed by atoms with Crippen molar-refractivity contribution in [3.05, 3.63) is 111 Å². The first-order valence-corrected chi connectivity index (χ1v) is 11.6. The molecule has 2 aromatic carbocycles. The molecule has 7 nitrogen and oxygen atoms in total. The standard InChI is InChI=1S/C12H7BrFN3.C6H3BrFNO.C6H7FN2.ClH/c13-12-6-5-11-10(16-12)7-15-17(11)9-3-1-8(14)2-4-9;7-6-2-1-4(8)5(3-10)9-6;7-5-1-3-6(9-8)4-2-5;/h1-7H;1-3H;1-4,9H,8H2;1H. The summed E-state index contributed by atoms with van der Waals surface area (Å²) >= 11 is 6.31. The van der Waals surface area contributed by atoms with Crippen molar-refractivity contribution in [3.63, 3.8) is 0 Å². The number of anilines is 1. The largest absolute Gasteiger partial charge is 0.324 e. The van der Waals surface area contributed by atoms with Crippen LogP contribution in [0.1, 0.15) is 10.5 Å². The van der Waals surface area contributed by atoms with Gasteiger partial charge in [-0.3, -0.25) is 10.6 Å². The second-order valence-corrected chi connectivity index (χ2v) is 8.47. The molecule has 0 unspecified atom stereocenters. The van der Waals surface area contributed by atoms with Gasteiger partial charge in [-0.15, -0.1) is 12.4 Å². The van der Waals surface area contributed by atoms with Crippen molar-refractivity contribution >= 4 is 67.3 Å². The average molecular weight is 659 g/mol. The summed E-state index contributed by atoms with van der Waals surface area (Å²) in [6.45, 7) is 0. The highest BCUT2D eigenvalue weighted by Crippen LogP contribution is 2.19. The van der Waals surface area contributed by atoms with Crippen LogP contribution in [-0.4, -0.2) is 26.0 Å². The number of carbonyl (C=O) groups excluding carboxylic acids is 1. The lowest BCUT2D eigenvalue weighted by Gasteiger charge is -2.02. The van der Waals surface area contributed by atoms with Crippen LogP contribution < -0.4 is 11.3 Å². The Labute approximate surface area is 232 Å². The SMILES string of the molecule is Cl.Fc1ccc(-n2ncc3nc(Br)ccc32)cc1.NNc1ccc(F)cc1.O=Cc1nc(Br)ccc1F. The van der Waals surface area contributed by atoms with Gasteiger partial charge < -0.3 is 5.43 Å². The van der Waals surface area contributed by atoms with Crippen molar-refractivity contribution in [2.24, 2.45) is 5.84 Å². The molecule has 0 bridgehead atoms. The van der Waals surface area contributed by atoms with Crippen LogP contribution in [-0.2, 0) is 0 Å². The smallest absolute Gasteiger partial charge is 0.171 e. The van der Waals surface area contributed by atoms with E-state index in [9.17, 15) is 18.0 Å². The second kappa shape index (κ2) is 14.4. The van der Waals surface area contributed by atoms with Gasteiger partial charge in [-0.1, -0.05) is 0 Å². The third-order valence-corrected chi connectivity index (χ3v) is 5.31. The molecule has 3 N–H and O–H groups in total. The summed E-state index contributed by atoms with van der Waals surface area (Å²) in [6, 6.07) is 18.4. The van der Waals surface area contributed by atoms with Crippen molar-refractivity contribution in [2.75, 3.05) is 5.43 Å². The summed E-state index contributed by atoms with van der Waals surface area (Å²) < 4.78 is 40.4. The number of aromatic nitrogens is 4. The Morgan fingerprint density at radius 3 is 1.95 bits per heavy atom. The minimum atomic E-state index is -0.599. The van der Waals surface area contributed by atoms with Gasteiger partial charge in [0.2, 0.25) is 0 Å². The number of carbonyl (C=O) groups is 1. The molecular formula is C24H18Br2ClF3N6O. The summed E-state index contributed by atoms with van der Waals surface area (Å²) in [5.41, 5.74) is 5.42. The summed E-state index contributed by atoms with van der Waals surface area (Å²) in [7, 11) is 0. The molecule has 5 rings (SSSR count). The summed E-state index contributed by atoms with van der Waals surface area (Å²) in [5.74, 6) is 3.91. The van der Waals surface area contributed by atoms with E-state index in [0.717, 1.165) is 21.3 Å². The molecule has 0 saturated carbocycles. The van der Waals surface area contributed by atoms with Crippen molar-refractivity contribution in [2.45, 2.75) is 0 Å². The minimum Gasteiger partial charge on any atom is -0.324 e. The van der Waals surface area contributed by atoms with E-state index in [-0.39, 0.29) is 29.7 Å². The van der Waals surface area contributed by atoms with Crippen molar-refractivity contribution < 1.29 is 18.0 Å². The molecule has 3 heterocycles. The van der Waals surface area contributed by atoms with Crippen LogP contribution in [0.15, 0.2) is 88.2 Å². The van der Waals surface area contributed by atoms with E-state index in [1.807, 2.05) is 12.1 Å². The van der Waals surface area contributed by atoms with E-state index < -0.39 is 5.82 Å². The zero-order valence-electron chi connectivity index (χ0n) is 18.7. The number of aldehydes is 1. The summed E-state index contributed by atoms with van der Waals surface area (Å²) in [5, 5.41) is 4.25. The number of nitrogens with two attached hydrogens (primary N) is 1. The first-order valence-electron chi connectivity index (χ1n) is 10.1. The van der Waals surface area contributed by atoms with Crippen LogP contribution >= 0.6 is 44.3 Å². The first-order chi connectivity index (χ1) is 17.3. The van der Waals surface area contributed by atoms with E-state index in [4.69, 9.17) is 5.84 Å². The van der Waals surface area contributed by atoms with Gasteiger partial charge in [0.1, 0.15) is 32.1 Å². The number of fused-ring (bicyclic) bond motifs is 1. The van der Waals surface area contributed by atoms with Gasteiger partial charge in [0.15, 0.2) is 12.1 Å². The lowest BCUT2D eigenvalue weighted by Crippen LogP contribution is -2.05. The highest BCUT2D eigenvalue weighted by atomic mass is 79.9. The molecule has 0 radical (unpaired) electrons. The van der Waals surface area contributed by atoms with Crippen LogP contribution in [0.3, 0.4) is 0 Å². The highest BCUT2D eigenvalue weighted by Gasteiger charge is 2.06. The number of benzene rings is 2. The quantitative estimate of drug-likeness (QED) is 0.0975.